The highest BCUT2D eigenvalue weighted by atomic mass is 16.2. The van der Waals surface area contributed by atoms with E-state index < -0.39 is 5.54 Å². The van der Waals surface area contributed by atoms with Crippen LogP contribution in [0.25, 0.3) is 0 Å². The zero-order valence-corrected chi connectivity index (χ0v) is 13.2. The van der Waals surface area contributed by atoms with E-state index in [9.17, 15) is 9.59 Å². The van der Waals surface area contributed by atoms with Crippen LogP contribution in [-0.4, -0.2) is 22.8 Å². The van der Waals surface area contributed by atoms with Crippen molar-refractivity contribution >= 4 is 12.3 Å². The molecule has 0 spiro atoms. The third-order valence-electron chi connectivity index (χ3n) is 3.77. The standard InChI is InChI=1S/C17H25NO2/c1-6-10-17(4,5)18(12-19)16(20)15-9-8-14(7-2)11-13(15)3/h8-9,11-12H,6-7,10H2,1-5H3. The predicted octanol–water partition coefficient (Wildman–Crippen LogP) is 3.73. The molecule has 0 radical (unpaired) electrons. The second kappa shape index (κ2) is 6.69. The lowest BCUT2D eigenvalue weighted by Gasteiger charge is -2.34. The van der Waals surface area contributed by atoms with Crippen molar-refractivity contribution < 1.29 is 9.59 Å². The Hall–Kier alpha value is -1.64. The average molecular weight is 275 g/mol. The normalized spacial score (nSPS) is 11.2. The van der Waals surface area contributed by atoms with Crippen molar-refractivity contribution in [2.75, 3.05) is 0 Å². The van der Waals surface area contributed by atoms with Gasteiger partial charge < -0.3 is 0 Å². The SMILES string of the molecule is CCCC(C)(C)N(C=O)C(=O)c1ccc(CC)cc1C. The van der Waals surface area contributed by atoms with E-state index in [0.717, 1.165) is 24.8 Å². The van der Waals surface area contributed by atoms with Crippen LogP contribution in [-0.2, 0) is 11.2 Å². The van der Waals surface area contributed by atoms with Gasteiger partial charge in [-0.25, -0.2) is 0 Å². The number of hydrogen-bond donors (Lipinski definition) is 0. The van der Waals surface area contributed by atoms with Gasteiger partial charge >= 0.3 is 0 Å². The van der Waals surface area contributed by atoms with Crippen LogP contribution in [0.2, 0.25) is 0 Å². The topological polar surface area (TPSA) is 37.4 Å². The van der Waals surface area contributed by atoms with Crippen molar-refractivity contribution in [3.05, 3.63) is 34.9 Å². The van der Waals surface area contributed by atoms with E-state index in [1.165, 1.54) is 10.5 Å². The number of aryl methyl sites for hydroxylation is 2. The Balaban J connectivity index is 3.12. The molecule has 20 heavy (non-hydrogen) atoms. The van der Waals surface area contributed by atoms with Crippen LogP contribution in [0.4, 0.5) is 0 Å². The fraction of sp³-hybridized carbons (Fsp3) is 0.529. The summed E-state index contributed by atoms with van der Waals surface area (Å²) < 4.78 is 0. The van der Waals surface area contributed by atoms with Gasteiger partial charge in [0.15, 0.2) is 0 Å². The first-order valence-electron chi connectivity index (χ1n) is 7.25. The van der Waals surface area contributed by atoms with E-state index in [1.54, 1.807) is 0 Å². The van der Waals surface area contributed by atoms with Crippen LogP contribution in [0.5, 0.6) is 0 Å². The van der Waals surface area contributed by atoms with Crippen LogP contribution in [0, 0.1) is 6.92 Å². The molecular formula is C17H25NO2. The lowest BCUT2D eigenvalue weighted by molar-refractivity contribution is -0.119. The molecule has 0 unspecified atom stereocenters. The molecule has 1 rings (SSSR count). The summed E-state index contributed by atoms with van der Waals surface area (Å²) in [7, 11) is 0. The molecule has 3 heteroatoms. The maximum Gasteiger partial charge on any atom is 0.261 e. The van der Waals surface area contributed by atoms with E-state index in [1.807, 2.05) is 39.0 Å². The maximum atomic E-state index is 12.6. The Morgan fingerprint density at radius 1 is 1.30 bits per heavy atom. The van der Waals surface area contributed by atoms with Gasteiger partial charge in [-0.1, -0.05) is 32.4 Å². The number of benzene rings is 1. The zero-order valence-electron chi connectivity index (χ0n) is 13.2. The van der Waals surface area contributed by atoms with Crippen LogP contribution < -0.4 is 0 Å². The molecule has 1 aromatic carbocycles. The Morgan fingerprint density at radius 3 is 2.40 bits per heavy atom. The number of hydrogen-bond acceptors (Lipinski definition) is 2. The molecule has 0 heterocycles. The first-order chi connectivity index (χ1) is 9.37. The lowest BCUT2D eigenvalue weighted by atomic mass is 9.95. The maximum absolute atomic E-state index is 12.6. The predicted molar refractivity (Wildman–Crippen MR) is 81.8 cm³/mol. The van der Waals surface area contributed by atoms with Crippen LogP contribution in [0.3, 0.4) is 0 Å². The summed E-state index contributed by atoms with van der Waals surface area (Å²) in [5.41, 5.74) is 2.28. The van der Waals surface area contributed by atoms with E-state index in [-0.39, 0.29) is 5.91 Å². The van der Waals surface area contributed by atoms with Crippen molar-refractivity contribution in [1.29, 1.82) is 0 Å². The number of carbonyl (C=O) groups is 2. The molecule has 0 aliphatic carbocycles. The number of imide groups is 1. The first kappa shape index (κ1) is 16.4. The summed E-state index contributed by atoms with van der Waals surface area (Å²) in [5, 5.41) is 0. The summed E-state index contributed by atoms with van der Waals surface area (Å²) in [6.45, 7) is 9.91. The fourth-order valence-electron chi connectivity index (χ4n) is 2.51. The largest absolute Gasteiger partial charge is 0.278 e. The van der Waals surface area contributed by atoms with Crippen molar-refractivity contribution in [3.63, 3.8) is 0 Å². The summed E-state index contributed by atoms with van der Waals surface area (Å²) in [6.07, 6.45) is 3.32. The molecule has 0 saturated carbocycles. The molecule has 110 valence electrons. The number of nitrogens with zero attached hydrogens (tertiary/aromatic N) is 1. The van der Waals surface area contributed by atoms with E-state index in [4.69, 9.17) is 0 Å². The van der Waals surface area contributed by atoms with Gasteiger partial charge in [-0.2, -0.15) is 0 Å². The van der Waals surface area contributed by atoms with Gasteiger partial charge in [-0.15, -0.1) is 0 Å². The quantitative estimate of drug-likeness (QED) is 0.742. The molecule has 0 atom stereocenters. The third-order valence-corrected chi connectivity index (χ3v) is 3.77. The molecule has 0 bridgehead atoms. The van der Waals surface area contributed by atoms with Gasteiger partial charge in [0.25, 0.3) is 5.91 Å². The number of carbonyl (C=O) groups excluding carboxylic acids is 2. The number of amides is 2. The molecule has 0 aliphatic rings. The minimum absolute atomic E-state index is 0.210. The first-order valence-corrected chi connectivity index (χ1v) is 7.25. The minimum Gasteiger partial charge on any atom is -0.278 e. The van der Waals surface area contributed by atoms with Gasteiger partial charge in [-0.05, 0) is 50.8 Å². The molecule has 3 nitrogen and oxygen atoms in total. The van der Waals surface area contributed by atoms with Crippen molar-refractivity contribution in [1.82, 2.24) is 4.90 Å². The summed E-state index contributed by atoms with van der Waals surface area (Å²) >= 11 is 0. The Kier molecular flexibility index (Phi) is 5.49. The van der Waals surface area contributed by atoms with Gasteiger partial charge in [0.05, 0.1) is 0 Å². The highest BCUT2D eigenvalue weighted by Crippen LogP contribution is 2.23. The Bertz CT molecular complexity index is 492. The molecular weight excluding hydrogens is 250 g/mol. The number of rotatable bonds is 6. The summed E-state index contributed by atoms with van der Waals surface area (Å²) in [5.74, 6) is -0.210. The van der Waals surface area contributed by atoms with Gasteiger partial charge in [0.2, 0.25) is 6.41 Å². The second-order valence-corrected chi connectivity index (χ2v) is 5.85. The molecule has 0 fully saturated rings. The molecule has 1 aromatic rings. The molecule has 0 aromatic heterocycles. The Labute approximate surface area is 122 Å². The van der Waals surface area contributed by atoms with Crippen LogP contribution in [0.1, 0.15) is 62.0 Å². The van der Waals surface area contributed by atoms with E-state index in [2.05, 4.69) is 13.8 Å². The molecule has 0 aliphatic heterocycles. The van der Waals surface area contributed by atoms with Gasteiger partial charge in [-0.3, -0.25) is 14.5 Å². The summed E-state index contributed by atoms with van der Waals surface area (Å²) in [6, 6.07) is 5.80. The van der Waals surface area contributed by atoms with Crippen molar-refractivity contribution in [2.45, 2.75) is 59.4 Å². The highest BCUT2D eigenvalue weighted by molar-refractivity contribution is 6.01. The van der Waals surface area contributed by atoms with Crippen molar-refractivity contribution in [2.24, 2.45) is 0 Å². The van der Waals surface area contributed by atoms with Gasteiger partial charge in [0.1, 0.15) is 0 Å². The van der Waals surface area contributed by atoms with Gasteiger partial charge in [0, 0.05) is 11.1 Å². The second-order valence-electron chi connectivity index (χ2n) is 5.85. The average Bonchev–Trinajstić information content (AvgIpc) is 2.38. The van der Waals surface area contributed by atoms with Crippen LogP contribution >= 0.6 is 0 Å². The fourth-order valence-corrected chi connectivity index (χ4v) is 2.51. The molecule has 0 saturated heterocycles. The van der Waals surface area contributed by atoms with Crippen LogP contribution in [0.15, 0.2) is 18.2 Å². The van der Waals surface area contributed by atoms with Crippen molar-refractivity contribution in [3.8, 4) is 0 Å². The minimum atomic E-state index is -0.455. The lowest BCUT2D eigenvalue weighted by Crippen LogP contribution is -2.47. The smallest absolute Gasteiger partial charge is 0.261 e. The monoisotopic (exact) mass is 275 g/mol. The Morgan fingerprint density at radius 2 is 1.95 bits per heavy atom. The zero-order chi connectivity index (χ0) is 15.3. The van der Waals surface area contributed by atoms with E-state index >= 15 is 0 Å². The third kappa shape index (κ3) is 3.47. The molecule has 2 amide bonds. The molecule has 0 N–H and O–H groups in total. The van der Waals surface area contributed by atoms with E-state index in [0.29, 0.717) is 12.0 Å². The summed E-state index contributed by atoms with van der Waals surface area (Å²) in [4.78, 5) is 25.3. The highest BCUT2D eigenvalue weighted by Gasteiger charge is 2.31.